The van der Waals surface area contributed by atoms with Crippen molar-refractivity contribution >= 4 is 28.8 Å². The van der Waals surface area contributed by atoms with Gasteiger partial charge in [-0.15, -0.1) is 11.3 Å². The Morgan fingerprint density at radius 1 is 1.40 bits per heavy atom. The fourth-order valence-corrected chi connectivity index (χ4v) is 2.83. The van der Waals surface area contributed by atoms with Crippen molar-refractivity contribution in [3.8, 4) is 10.6 Å². The molecule has 1 heterocycles. The minimum atomic E-state index is 0.00899. The summed E-state index contributed by atoms with van der Waals surface area (Å²) in [5.41, 5.74) is 1.69. The molecule has 1 amide bonds. The minimum Gasteiger partial charge on any atom is -0.356 e. The first kappa shape index (κ1) is 15.0. The molecule has 0 aliphatic rings. The molecule has 0 spiro atoms. The second kappa shape index (κ2) is 6.86. The van der Waals surface area contributed by atoms with E-state index in [-0.39, 0.29) is 5.91 Å². The molecular weight excluding hydrogens is 292 g/mol. The van der Waals surface area contributed by atoms with Gasteiger partial charge in [-0.05, 0) is 12.0 Å². The predicted octanol–water partition coefficient (Wildman–Crippen LogP) is 3.78. The number of hydrogen-bond donors (Lipinski definition) is 1. The van der Waals surface area contributed by atoms with Gasteiger partial charge in [0, 0.05) is 17.5 Å². The van der Waals surface area contributed by atoms with E-state index in [2.05, 4.69) is 24.1 Å². The van der Waals surface area contributed by atoms with Gasteiger partial charge in [-0.25, -0.2) is 4.98 Å². The fraction of sp³-hybridized carbons (Fsp3) is 0.333. The predicted molar refractivity (Wildman–Crippen MR) is 84.1 cm³/mol. The van der Waals surface area contributed by atoms with Gasteiger partial charge in [0.05, 0.1) is 17.1 Å². The van der Waals surface area contributed by atoms with Gasteiger partial charge in [0.25, 0.3) is 0 Å². The number of benzene rings is 1. The van der Waals surface area contributed by atoms with Crippen LogP contribution in [0, 0.1) is 5.92 Å². The van der Waals surface area contributed by atoms with Crippen molar-refractivity contribution in [2.75, 3.05) is 6.54 Å². The number of aromatic nitrogens is 1. The second-order valence-electron chi connectivity index (χ2n) is 5.00. The summed E-state index contributed by atoms with van der Waals surface area (Å²) >= 11 is 7.65. The highest BCUT2D eigenvalue weighted by Gasteiger charge is 2.11. The Balaban J connectivity index is 2.03. The van der Waals surface area contributed by atoms with Crippen molar-refractivity contribution in [2.45, 2.75) is 20.3 Å². The number of thiazole rings is 1. The second-order valence-corrected chi connectivity index (χ2v) is 6.26. The van der Waals surface area contributed by atoms with Gasteiger partial charge in [0.1, 0.15) is 5.01 Å². The Labute approximate surface area is 128 Å². The Bertz CT molecular complexity index is 595. The number of halogens is 1. The number of rotatable bonds is 5. The van der Waals surface area contributed by atoms with Crippen LogP contribution in [0.4, 0.5) is 0 Å². The first-order valence-electron chi connectivity index (χ1n) is 6.52. The summed E-state index contributed by atoms with van der Waals surface area (Å²) < 4.78 is 0. The van der Waals surface area contributed by atoms with Crippen LogP contribution in [0.1, 0.15) is 19.5 Å². The average molecular weight is 309 g/mol. The molecule has 0 bridgehead atoms. The van der Waals surface area contributed by atoms with E-state index in [1.165, 1.54) is 11.3 Å². The topological polar surface area (TPSA) is 42.0 Å². The molecule has 20 heavy (non-hydrogen) atoms. The normalized spacial score (nSPS) is 10.8. The third kappa shape index (κ3) is 4.05. The van der Waals surface area contributed by atoms with Crippen molar-refractivity contribution < 1.29 is 4.79 Å². The highest BCUT2D eigenvalue weighted by atomic mass is 35.5. The molecular formula is C15H17ClN2OS. The maximum absolute atomic E-state index is 11.8. The molecule has 2 rings (SSSR count). The van der Waals surface area contributed by atoms with E-state index in [4.69, 9.17) is 11.6 Å². The van der Waals surface area contributed by atoms with Gasteiger partial charge in [-0.2, -0.15) is 0 Å². The van der Waals surface area contributed by atoms with Crippen LogP contribution in [0.3, 0.4) is 0 Å². The molecule has 0 saturated carbocycles. The molecule has 106 valence electrons. The summed E-state index contributed by atoms with van der Waals surface area (Å²) in [5.74, 6) is 0.461. The van der Waals surface area contributed by atoms with Crippen LogP contribution in [0.25, 0.3) is 10.6 Å². The summed E-state index contributed by atoms with van der Waals surface area (Å²) in [6.07, 6.45) is 0.313. The van der Waals surface area contributed by atoms with E-state index in [1.807, 2.05) is 29.6 Å². The Kier molecular flexibility index (Phi) is 5.15. The first-order valence-corrected chi connectivity index (χ1v) is 7.78. The Morgan fingerprint density at radius 2 is 2.15 bits per heavy atom. The van der Waals surface area contributed by atoms with Gasteiger partial charge < -0.3 is 5.32 Å². The van der Waals surface area contributed by atoms with Crippen LogP contribution < -0.4 is 5.32 Å². The number of carbonyl (C=O) groups is 1. The van der Waals surface area contributed by atoms with Crippen molar-refractivity contribution in [3.05, 3.63) is 40.4 Å². The smallest absolute Gasteiger partial charge is 0.226 e. The standard InChI is InChI=1S/C15H17ClN2OS/c1-10(2)8-17-14(19)7-11-9-20-15(18-11)12-5-3-4-6-13(12)16/h3-6,9-10H,7-8H2,1-2H3,(H,17,19). The molecule has 0 radical (unpaired) electrons. The van der Waals surface area contributed by atoms with Crippen molar-refractivity contribution in [2.24, 2.45) is 5.92 Å². The fourth-order valence-electron chi connectivity index (χ4n) is 1.69. The molecule has 5 heteroatoms. The molecule has 0 aliphatic heterocycles. The highest BCUT2D eigenvalue weighted by molar-refractivity contribution is 7.13. The zero-order valence-electron chi connectivity index (χ0n) is 11.5. The van der Waals surface area contributed by atoms with Crippen LogP contribution in [0.2, 0.25) is 5.02 Å². The lowest BCUT2D eigenvalue weighted by Crippen LogP contribution is -2.28. The maximum atomic E-state index is 11.8. The first-order chi connectivity index (χ1) is 9.56. The molecule has 0 unspecified atom stereocenters. The molecule has 2 aromatic rings. The number of nitrogens with zero attached hydrogens (tertiary/aromatic N) is 1. The lowest BCUT2D eigenvalue weighted by atomic mass is 10.2. The van der Waals surface area contributed by atoms with Gasteiger partial charge in [0.2, 0.25) is 5.91 Å². The molecule has 0 saturated heterocycles. The van der Waals surface area contributed by atoms with Crippen LogP contribution in [0.5, 0.6) is 0 Å². The van der Waals surface area contributed by atoms with E-state index in [0.717, 1.165) is 16.3 Å². The maximum Gasteiger partial charge on any atom is 0.226 e. The monoisotopic (exact) mass is 308 g/mol. The average Bonchev–Trinajstić information content (AvgIpc) is 2.85. The third-order valence-corrected chi connectivity index (χ3v) is 3.96. The summed E-state index contributed by atoms with van der Waals surface area (Å²) in [4.78, 5) is 16.2. The van der Waals surface area contributed by atoms with Gasteiger partial charge in [-0.1, -0.05) is 43.6 Å². The number of amides is 1. The minimum absolute atomic E-state index is 0.00899. The zero-order chi connectivity index (χ0) is 14.5. The SMILES string of the molecule is CC(C)CNC(=O)Cc1csc(-c2ccccc2Cl)n1. The summed E-state index contributed by atoms with van der Waals surface area (Å²) in [7, 11) is 0. The molecule has 1 N–H and O–H groups in total. The summed E-state index contributed by atoms with van der Waals surface area (Å²) in [5, 5.41) is 6.33. The van der Waals surface area contributed by atoms with E-state index < -0.39 is 0 Å². The van der Waals surface area contributed by atoms with E-state index in [1.54, 1.807) is 0 Å². The largest absolute Gasteiger partial charge is 0.356 e. The van der Waals surface area contributed by atoms with Crippen LogP contribution in [-0.4, -0.2) is 17.4 Å². The van der Waals surface area contributed by atoms with Gasteiger partial charge in [-0.3, -0.25) is 4.79 Å². The molecule has 0 aliphatic carbocycles. The molecule has 0 atom stereocenters. The van der Waals surface area contributed by atoms with Gasteiger partial charge in [0.15, 0.2) is 0 Å². The van der Waals surface area contributed by atoms with Crippen molar-refractivity contribution in [1.82, 2.24) is 10.3 Å². The van der Waals surface area contributed by atoms with Crippen LogP contribution in [0.15, 0.2) is 29.6 Å². The van der Waals surface area contributed by atoms with Gasteiger partial charge >= 0.3 is 0 Å². The molecule has 0 fully saturated rings. The van der Waals surface area contributed by atoms with E-state index >= 15 is 0 Å². The van der Waals surface area contributed by atoms with Crippen molar-refractivity contribution in [1.29, 1.82) is 0 Å². The van der Waals surface area contributed by atoms with E-state index in [0.29, 0.717) is 23.9 Å². The van der Waals surface area contributed by atoms with Crippen molar-refractivity contribution in [3.63, 3.8) is 0 Å². The molecule has 3 nitrogen and oxygen atoms in total. The lowest BCUT2D eigenvalue weighted by molar-refractivity contribution is -0.120. The summed E-state index contributed by atoms with van der Waals surface area (Å²) in [6, 6.07) is 7.59. The Hall–Kier alpha value is -1.39. The lowest BCUT2D eigenvalue weighted by Gasteiger charge is -2.06. The Morgan fingerprint density at radius 3 is 2.85 bits per heavy atom. The van der Waals surface area contributed by atoms with E-state index in [9.17, 15) is 4.79 Å². The van der Waals surface area contributed by atoms with Crippen LogP contribution >= 0.6 is 22.9 Å². The highest BCUT2D eigenvalue weighted by Crippen LogP contribution is 2.30. The number of nitrogens with one attached hydrogen (secondary N) is 1. The number of hydrogen-bond acceptors (Lipinski definition) is 3. The zero-order valence-corrected chi connectivity index (χ0v) is 13.1. The third-order valence-electron chi connectivity index (χ3n) is 2.71. The summed E-state index contributed by atoms with van der Waals surface area (Å²) in [6.45, 7) is 4.83. The molecule has 1 aromatic carbocycles. The van der Waals surface area contributed by atoms with Crippen LogP contribution in [-0.2, 0) is 11.2 Å². The number of carbonyl (C=O) groups excluding carboxylic acids is 1. The quantitative estimate of drug-likeness (QED) is 0.913. The molecule has 1 aromatic heterocycles.